The molecule has 0 aliphatic heterocycles. The summed E-state index contributed by atoms with van der Waals surface area (Å²) in [5.41, 5.74) is 5.08. The number of carbonyl (C=O) groups is 1. The summed E-state index contributed by atoms with van der Waals surface area (Å²) >= 11 is 3.05. The summed E-state index contributed by atoms with van der Waals surface area (Å²) in [6.45, 7) is 0.631. The largest absolute Gasteiger partial charge is 0.477 e. The second kappa shape index (κ2) is 8.04. The Bertz CT molecular complexity index is 544. The number of carboxylic acids is 1. The number of alkyl halides is 3. The van der Waals surface area contributed by atoms with Crippen LogP contribution >= 0.6 is 15.9 Å². The molecule has 0 spiro atoms. The van der Waals surface area contributed by atoms with Crippen LogP contribution in [0.5, 0.6) is 0 Å². The highest BCUT2D eigenvalue weighted by Gasteiger charge is 2.29. The minimum absolute atomic E-state index is 0.0426. The van der Waals surface area contributed by atoms with E-state index in [1.807, 2.05) is 0 Å². The molecule has 0 aliphatic rings. The zero-order valence-corrected chi connectivity index (χ0v) is 13.0. The number of hydrogen-bond donors (Lipinski definition) is 4. The molecule has 1 aromatic carbocycles. The first-order chi connectivity index (χ1) is 10.3. The lowest BCUT2D eigenvalue weighted by atomic mass is 10.2. The van der Waals surface area contributed by atoms with Gasteiger partial charge in [0.25, 0.3) is 0 Å². The number of rotatable bonds is 7. The number of halogens is 4. The van der Waals surface area contributed by atoms with Crippen molar-refractivity contribution in [3.63, 3.8) is 0 Å². The van der Waals surface area contributed by atoms with Gasteiger partial charge in [-0.3, -0.25) is 0 Å². The van der Waals surface area contributed by atoms with Gasteiger partial charge in [0.05, 0.1) is 5.56 Å². The van der Waals surface area contributed by atoms with Gasteiger partial charge in [-0.2, -0.15) is 13.2 Å². The van der Waals surface area contributed by atoms with Crippen molar-refractivity contribution in [2.45, 2.75) is 6.18 Å². The van der Waals surface area contributed by atoms with Crippen molar-refractivity contribution in [1.29, 1.82) is 0 Å². The molecule has 0 atom stereocenters. The van der Waals surface area contributed by atoms with Crippen molar-refractivity contribution in [2.75, 3.05) is 25.0 Å². The number of benzene rings is 1. The monoisotopic (exact) mass is 381 g/mol. The molecular weight excluding hydrogens is 367 g/mol. The molecule has 9 heteroatoms. The number of nitrogens with two attached hydrogens (primary N) is 1. The minimum atomic E-state index is -4.37. The quantitative estimate of drug-likeness (QED) is 0.430. The van der Waals surface area contributed by atoms with Crippen molar-refractivity contribution < 1.29 is 23.1 Å². The van der Waals surface area contributed by atoms with Crippen LogP contribution in [-0.2, 0) is 11.0 Å². The Morgan fingerprint density at radius 3 is 2.27 bits per heavy atom. The Balaban J connectivity index is 2.50. The second-order valence-electron chi connectivity index (χ2n) is 4.22. The standard InChI is InChI=1S/C13H15BrF3N3O2/c14-10(7-18)11(12(21)22)20-6-5-19-9-3-1-8(2-4-9)13(15,16)17/h1-4,19-20H,5-7,18H2,(H,21,22)/b11-10+. The summed E-state index contributed by atoms with van der Waals surface area (Å²) < 4.78 is 37.5. The summed E-state index contributed by atoms with van der Waals surface area (Å²) in [5, 5.41) is 14.5. The Morgan fingerprint density at radius 1 is 1.23 bits per heavy atom. The predicted octanol–water partition coefficient (Wildman–Crippen LogP) is 2.36. The number of aliphatic carboxylic acids is 1. The van der Waals surface area contributed by atoms with E-state index in [1.165, 1.54) is 12.1 Å². The van der Waals surface area contributed by atoms with Crippen LogP contribution in [0.1, 0.15) is 5.56 Å². The number of anilines is 1. The van der Waals surface area contributed by atoms with Gasteiger partial charge in [-0.25, -0.2) is 4.79 Å². The van der Waals surface area contributed by atoms with E-state index in [-0.39, 0.29) is 18.8 Å². The molecular formula is C13H15BrF3N3O2. The summed E-state index contributed by atoms with van der Waals surface area (Å²) in [4.78, 5) is 11.0. The SMILES string of the molecule is NC/C(Br)=C(\NCCNc1ccc(C(F)(F)F)cc1)C(=O)O. The fourth-order valence-corrected chi connectivity index (χ4v) is 1.87. The number of carboxylic acid groups (broad SMARTS) is 1. The van der Waals surface area contributed by atoms with Crippen molar-refractivity contribution in [1.82, 2.24) is 5.32 Å². The van der Waals surface area contributed by atoms with Gasteiger partial charge in [0, 0.05) is 29.8 Å². The van der Waals surface area contributed by atoms with Crippen LogP contribution in [0.25, 0.3) is 0 Å². The van der Waals surface area contributed by atoms with Gasteiger partial charge in [-0.15, -0.1) is 0 Å². The zero-order valence-electron chi connectivity index (χ0n) is 11.4. The fourth-order valence-electron chi connectivity index (χ4n) is 1.56. The van der Waals surface area contributed by atoms with E-state index in [9.17, 15) is 18.0 Å². The van der Waals surface area contributed by atoms with E-state index in [0.717, 1.165) is 12.1 Å². The predicted molar refractivity (Wildman–Crippen MR) is 80.6 cm³/mol. The molecule has 1 aromatic rings. The molecule has 0 aliphatic carbocycles. The van der Waals surface area contributed by atoms with Crippen LogP contribution in [0.4, 0.5) is 18.9 Å². The zero-order chi connectivity index (χ0) is 16.8. The molecule has 122 valence electrons. The lowest BCUT2D eigenvalue weighted by Gasteiger charge is -2.12. The molecule has 0 fully saturated rings. The van der Waals surface area contributed by atoms with Gasteiger partial charge in [-0.05, 0) is 24.3 Å². The highest BCUT2D eigenvalue weighted by molar-refractivity contribution is 9.11. The highest BCUT2D eigenvalue weighted by Crippen LogP contribution is 2.29. The molecule has 5 N–H and O–H groups in total. The first kappa shape index (κ1) is 18.3. The van der Waals surface area contributed by atoms with Crippen LogP contribution < -0.4 is 16.4 Å². The van der Waals surface area contributed by atoms with E-state index in [1.54, 1.807) is 0 Å². The molecule has 0 radical (unpaired) electrons. The Morgan fingerprint density at radius 2 is 1.82 bits per heavy atom. The van der Waals surface area contributed by atoms with Crippen LogP contribution in [0.3, 0.4) is 0 Å². The Hall–Kier alpha value is -1.74. The first-order valence-electron chi connectivity index (χ1n) is 6.22. The Kier molecular flexibility index (Phi) is 6.69. The first-order valence-corrected chi connectivity index (χ1v) is 7.02. The van der Waals surface area contributed by atoms with Gasteiger partial charge >= 0.3 is 12.1 Å². The van der Waals surface area contributed by atoms with Gasteiger partial charge < -0.3 is 21.5 Å². The maximum absolute atomic E-state index is 12.4. The van der Waals surface area contributed by atoms with Crippen LogP contribution in [0.15, 0.2) is 34.4 Å². The van der Waals surface area contributed by atoms with E-state index in [0.29, 0.717) is 16.7 Å². The van der Waals surface area contributed by atoms with Crippen LogP contribution in [0.2, 0.25) is 0 Å². The van der Waals surface area contributed by atoms with Crippen molar-refractivity contribution >= 4 is 27.6 Å². The average molecular weight is 382 g/mol. The second-order valence-corrected chi connectivity index (χ2v) is 5.18. The van der Waals surface area contributed by atoms with E-state index >= 15 is 0 Å². The summed E-state index contributed by atoms with van der Waals surface area (Å²) in [6.07, 6.45) is -4.37. The third-order valence-electron chi connectivity index (χ3n) is 2.63. The number of hydrogen-bond acceptors (Lipinski definition) is 4. The topological polar surface area (TPSA) is 87.4 Å². The fraction of sp³-hybridized carbons (Fsp3) is 0.308. The third kappa shape index (κ3) is 5.57. The van der Waals surface area contributed by atoms with Crippen LogP contribution in [-0.4, -0.2) is 30.7 Å². The van der Waals surface area contributed by atoms with E-state index in [2.05, 4.69) is 26.6 Å². The van der Waals surface area contributed by atoms with Crippen molar-refractivity contribution in [3.05, 3.63) is 40.0 Å². The molecule has 0 saturated heterocycles. The Labute approximate surface area is 133 Å². The van der Waals surface area contributed by atoms with Gasteiger partial charge in [-0.1, -0.05) is 15.9 Å². The lowest BCUT2D eigenvalue weighted by Crippen LogP contribution is -2.27. The summed E-state index contributed by atoms with van der Waals surface area (Å²) in [7, 11) is 0. The van der Waals surface area contributed by atoms with Crippen molar-refractivity contribution in [3.8, 4) is 0 Å². The molecule has 0 unspecified atom stereocenters. The van der Waals surface area contributed by atoms with Crippen molar-refractivity contribution in [2.24, 2.45) is 5.73 Å². The van der Waals surface area contributed by atoms with Crippen LogP contribution in [0, 0.1) is 0 Å². The molecule has 0 amide bonds. The lowest BCUT2D eigenvalue weighted by molar-refractivity contribution is -0.137. The highest BCUT2D eigenvalue weighted by atomic mass is 79.9. The van der Waals surface area contributed by atoms with Gasteiger partial charge in [0.2, 0.25) is 0 Å². The maximum Gasteiger partial charge on any atom is 0.416 e. The maximum atomic E-state index is 12.4. The molecule has 0 saturated carbocycles. The molecule has 5 nitrogen and oxygen atoms in total. The molecule has 22 heavy (non-hydrogen) atoms. The molecule has 0 aromatic heterocycles. The molecule has 1 rings (SSSR count). The van der Waals surface area contributed by atoms with Gasteiger partial charge in [0.1, 0.15) is 5.70 Å². The average Bonchev–Trinajstić information content (AvgIpc) is 2.45. The molecule has 0 bridgehead atoms. The minimum Gasteiger partial charge on any atom is -0.477 e. The summed E-state index contributed by atoms with van der Waals surface area (Å²) in [6, 6.07) is 4.58. The smallest absolute Gasteiger partial charge is 0.416 e. The normalized spacial score (nSPS) is 12.6. The van der Waals surface area contributed by atoms with Gasteiger partial charge in [0.15, 0.2) is 0 Å². The third-order valence-corrected chi connectivity index (χ3v) is 3.35. The van der Waals surface area contributed by atoms with E-state index in [4.69, 9.17) is 10.8 Å². The van der Waals surface area contributed by atoms with E-state index < -0.39 is 17.7 Å². The molecule has 0 heterocycles. The number of nitrogens with one attached hydrogen (secondary N) is 2. The summed E-state index contributed by atoms with van der Waals surface area (Å²) in [5.74, 6) is -1.15.